The van der Waals surface area contributed by atoms with Gasteiger partial charge in [-0.1, -0.05) is 20.3 Å². The first-order chi connectivity index (χ1) is 5.70. The van der Waals surface area contributed by atoms with Crippen LogP contribution in [0.3, 0.4) is 0 Å². The van der Waals surface area contributed by atoms with Gasteiger partial charge in [0, 0.05) is 12.6 Å². The molecule has 2 nitrogen and oxygen atoms in total. The van der Waals surface area contributed by atoms with E-state index in [4.69, 9.17) is 5.11 Å². The van der Waals surface area contributed by atoms with E-state index in [1.165, 1.54) is 12.8 Å². The second-order valence-corrected chi connectivity index (χ2v) is 3.68. The summed E-state index contributed by atoms with van der Waals surface area (Å²) >= 11 is 0. The number of aliphatic hydroxyl groups excluding tert-OH is 1. The van der Waals surface area contributed by atoms with Crippen molar-refractivity contribution in [2.45, 2.75) is 46.1 Å². The molecule has 0 fully saturated rings. The van der Waals surface area contributed by atoms with Crippen molar-refractivity contribution < 1.29 is 5.11 Å². The number of aliphatic hydroxyl groups is 1. The fourth-order valence-corrected chi connectivity index (χ4v) is 1.28. The van der Waals surface area contributed by atoms with Crippen molar-refractivity contribution in [1.29, 1.82) is 0 Å². The van der Waals surface area contributed by atoms with Gasteiger partial charge in [0.15, 0.2) is 0 Å². The molecule has 0 rings (SSSR count). The van der Waals surface area contributed by atoms with Crippen LogP contribution in [0.5, 0.6) is 0 Å². The number of hydrogen-bond acceptors (Lipinski definition) is 2. The molecule has 0 aromatic carbocycles. The summed E-state index contributed by atoms with van der Waals surface area (Å²) in [6.45, 7) is 7.95. The van der Waals surface area contributed by atoms with E-state index in [0.29, 0.717) is 12.6 Å². The van der Waals surface area contributed by atoms with Gasteiger partial charge >= 0.3 is 0 Å². The zero-order chi connectivity index (χ0) is 9.40. The summed E-state index contributed by atoms with van der Waals surface area (Å²) in [6.07, 6.45) is 3.36. The lowest BCUT2D eigenvalue weighted by atomic mass is 10.0. The quantitative estimate of drug-likeness (QED) is 0.575. The maximum Gasteiger partial charge on any atom is 0.0443 e. The minimum absolute atomic E-state index is 0.295. The van der Waals surface area contributed by atoms with Crippen molar-refractivity contribution in [2.75, 3.05) is 13.2 Å². The second kappa shape index (κ2) is 7.56. The largest absolute Gasteiger partial charge is 0.396 e. The van der Waals surface area contributed by atoms with E-state index in [0.717, 1.165) is 18.9 Å². The van der Waals surface area contributed by atoms with Crippen LogP contribution in [0.1, 0.15) is 40.0 Å². The van der Waals surface area contributed by atoms with Gasteiger partial charge in [0.05, 0.1) is 0 Å². The average molecular weight is 173 g/mol. The van der Waals surface area contributed by atoms with Gasteiger partial charge in [-0.3, -0.25) is 0 Å². The Morgan fingerprint density at radius 2 is 2.00 bits per heavy atom. The van der Waals surface area contributed by atoms with Crippen LogP contribution in [0.2, 0.25) is 0 Å². The van der Waals surface area contributed by atoms with Gasteiger partial charge in [0.25, 0.3) is 0 Å². The lowest BCUT2D eigenvalue weighted by Crippen LogP contribution is -2.29. The molecule has 0 aliphatic rings. The molecular weight excluding hydrogens is 150 g/mol. The highest BCUT2D eigenvalue weighted by molar-refractivity contribution is 4.63. The first-order valence-electron chi connectivity index (χ1n) is 5.05. The molecule has 0 heterocycles. The van der Waals surface area contributed by atoms with Crippen LogP contribution < -0.4 is 5.32 Å². The topological polar surface area (TPSA) is 32.3 Å². The molecule has 0 amide bonds. The highest BCUT2D eigenvalue weighted by Crippen LogP contribution is 2.08. The van der Waals surface area contributed by atoms with E-state index < -0.39 is 0 Å². The molecule has 2 N–H and O–H groups in total. The summed E-state index contributed by atoms with van der Waals surface area (Å²) in [4.78, 5) is 0. The van der Waals surface area contributed by atoms with Crippen LogP contribution in [-0.2, 0) is 0 Å². The first kappa shape index (κ1) is 11.9. The van der Waals surface area contributed by atoms with Gasteiger partial charge in [-0.15, -0.1) is 0 Å². The molecule has 0 radical (unpaired) electrons. The van der Waals surface area contributed by atoms with Gasteiger partial charge in [-0.25, -0.2) is 0 Å². The minimum Gasteiger partial charge on any atom is -0.396 e. The molecule has 2 atom stereocenters. The number of nitrogens with one attached hydrogen (secondary N) is 1. The first-order valence-corrected chi connectivity index (χ1v) is 5.05. The third kappa shape index (κ3) is 6.62. The molecule has 0 aromatic rings. The summed E-state index contributed by atoms with van der Waals surface area (Å²) < 4.78 is 0. The number of rotatable bonds is 7. The Morgan fingerprint density at radius 3 is 2.50 bits per heavy atom. The van der Waals surface area contributed by atoms with Gasteiger partial charge in [0.2, 0.25) is 0 Å². The van der Waals surface area contributed by atoms with E-state index in [-0.39, 0.29) is 0 Å². The highest BCUT2D eigenvalue weighted by Gasteiger charge is 2.05. The SMILES string of the molecule is CCC(C)CC(C)NCCCO. The van der Waals surface area contributed by atoms with Crippen LogP contribution in [-0.4, -0.2) is 24.3 Å². The molecular formula is C10H23NO. The molecule has 0 aliphatic carbocycles. The van der Waals surface area contributed by atoms with E-state index in [1.54, 1.807) is 0 Å². The molecule has 0 aliphatic heterocycles. The van der Waals surface area contributed by atoms with E-state index in [2.05, 4.69) is 26.1 Å². The van der Waals surface area contributed by atoms with Crippen LogP contribution in [0.25, 0.3) is 0 Å². The van der Waals surface area contributed by atoms with E-state index in [1.807, 2.05) is 0 Å². The molecule has 0 aromatic heterocycles. The molecule has 2 unspecified atom stereocenters. The smallest absolute Gasteiger partial charge is 0.0443 e. The third-order valence-electron chi connectivity index (χ3n) is 2.28. The molecule has 12 heavy (non-hydrogen) atoms. The fraction of sp³-hybridized carbons (Fsp3) is 1.00. The minimum atomic E-state index is 0.295. The Bertz CT molecular complexity index is 95.8. The van der Waals surface area contributed by atoms with Crippen molar-refractivity contribution in [3.05, 3.63) is 0 Å². The Morgan fingerprint density at radius 1 is 1.33 bits per heavy atom. The van der Waals surface area contributed by atoms with Gasteiger partial charge in [-0.05, 0) is 32.2 Å². The standard InChI is InChI=1S/C10H23NO/c1-4-9(2)8-10(3)11-6-5-7-12/h9-12H,4-8H2,1-3H3. The normalized spacial score (nSPS) is 16.0. The zero-order valence-electron chi connectivity index (χ0n) is 8.64. The average Bonchev–Trinajstić information content (AvgIpc) is 2.05. The Balaban J connectivity index is 3.26. The van der Waals surface area contributed by atoms with Crippen molar-refractivity contribution in [2.24, 2.45) is 5.92 Å². The third-order valence-corrected chi connectivity index (χ3v) is 2.28. The van der Waals surface area contributed by atoms with Crippen molar-refractivity contribution >= 4 is 0 Å². The van der Waals surface area contributed by atoms with Crippen LogP contribution in [0.15, 0.2) is 0 Å². The molecule has 74 valence electrons. The van der Waals surface area contributed by atoms with Crippen LogP contribution in [0, 0.1) is 5.92 Å². The molecule has 0 saturated heterocycles. The summed E-state index contributed by atoms with van der Waals surface area (Å²) in [5, 5.41) is 12.0. The lowest BCUT2D eigenvalue weighted by Gasteiger charge is -2.16. The predicted molar refractivity (Wildman–Crippen MR) is 53.2 cm³/mol. The van der Waals surface area contributed by atoms with Crippen molar-refractivity contribution in [3.63, 3.8) is 0 Å². The highest BCUT2D eigenvalue weighted by atomic mass is 16.3. The predicted octanol–water partition coefficient (Wildman–Crippen LogP) is 1.78. The Kier molecular flexibility index (Phi) is 7.51. The Labute approximate surface area is 76.4 Å². The van der Waals surface area contributed by atoms with Crippen LogP contribution >= 0.6 is 0 Å². The molecule has 2 heteroatoms. The van der Waals surface area contributed by atoms with E-state index in [9.17, 15) is 0 Å². The summed E-state index contributed by atoms with van der Waals surface area (Å²) in [6, 6.07) is 0.589. The molecule has 0 spiro atoms. The van der Waals surface area contributed by atoms with Crippen molar-refractivity contribution in [1.82, 2.24) is 5.32 Å². The maximum atomic E-state index is 8.57. The van der Waals surface area contributed by atoms with Gasteiger partial charge < -0.3 is 10.4 Å². The summed E-state index contributed by atoms with van der Waals surface area (Å²) in [5.74, 6) is 0.807. The summed E-state index contributed by atoms with van der Waals surface area (Å²) in [7, 11) is 0. The maximum absolute atomic E-state index is 8.57. The molecule has 0 bridgehead atoms. The molecule has 0 saturated carbocycles. The Hall–Kier alpha value is -0.0800. The van der Waals surface area contributed by atoms with E-state index >= 15 is 0 Å². The summed E-state index contributed by atoms with van der Waals surface area (Å²) in [5.41, 5.74) is 0. The number of hydrogen-bond donors (Lipinski definition) is 2. The second-order valence-electron chi connectivity index (χ2n) is 3.68. The zero-order valence-corrected chi connectivity index (χ0v) is 8.64. The monoisotopic (exact) mass is 173 g/mol. The lowest BCUT2D eigenvalue weighted by molar-refractivity contribution is 0.281. The van der Waals surface area contributed by atoms with Gasteiger partial charge in [0.1, 0.15) is 0 Å². The fourth-order valence-electron chi connectivity index (χ4n) is 1.28. The van der Waals surface area contributed by atoms with Gasteiger partial charge in [-0.2, -0.15) is 0 Å². The van der Waals surface area contributed by atoms with Crippen molar-refractivity contribution in [3.8, 4) is 0 Å². The van der Waals surface area contributed by atoms with Crippen LogP contribution in [0.4, 0.5) is 0 Å².